The molecule has 0 atom stereocenters. The van der Waals surface area contributed by atoms with Gasteiger partial charge in [-0.05, 0) is 48.7 Å². The summed E-state index contributed by atoms with van der Waals surface area (Å²) in [6, 6.07) is 10.3. The van der Waals surface area contributed by atoms with E-state index in [1.165, 1.54) is 20.1 Å². The summed E-state index contributed by atoms with van der Waals surface area (Å²) in [6.45, 7) is 3.44. The van der Waals surface area contributed by atoms with Crippen molar-refractivity contribution in [2.45, 2.75) is 13.8 Å². The Morgan fingerprint density at radius 3 is 2.42 bits per heavy atom. The van der Waals surface area contributed by atoms with Crippen LogP contribution in [0.25, 0.3) is 11.1 Å². The molecular formula is C16H15FO2. The van der Waals surface area contributed by atoms with Gasteiger partial charge >= 0.3 is 0 Å². The molecule has 98 valence electrons. The van der Waals surface area contributed by atoms with Gasteiger partial charge in [-0.25, -0.2) is 4.39 Å². The summed E-state index contributed by atoms with van der Waals surface area (Å²) < 4.78 is 18.6. The minimum absolute atomic E-state index is 0.0237. The first-order valence-corrected chi connectivity index (χ1v) is 5.98. The smallest absolute Gasteiger partial charge is 0.165 e. The second-order valence-electron chi connectivity index (χ2n) is 4.44. The normalized spacial score (nSPS) is 10.3. The summed E-state index contributed by atoms with van der Waals surface area (Å²) in [5, 5.41) is 0. The van der Waals surface area contributed by atoms with Crippen LogP contribution in [0.1, 0.15) is 22.8 Å². The van der Waals surface area contributed by atoms with Crippen LogP contribution in [0.3, 0.4) is 0 Å². The molecule has 2 aromatic rings. The van der Waals surface area contributed by atoms with Gasteiger partial charge in [0.1, 0.15) is 0 Å². The van der Waals surface area contributed by atoms with Crippen molar-refractivity contribution in [3.05, 3.63) is 53.3 Å². The zero-order valence-electron chi connectivity index (χ0n) is 11.2. The van der Waals surface area contributed by atoms with Crippen LogP contribution >= 0.6 is 0 Å². The zero-order chi connectivity index (χ0) is 14.0. The van der Waals surface area contributed by atoms with E-state index < -0.39 is 5.82 Å². The zero-order valence-corrected chi connectivity index (χ0v) is 11.2. The summed E-state index contributed by atoms with van der Waals surface area (Å²) in [7, 11) is 1.44. The van der Waals surface area contributed by atoms with E-state index in [0.717, 1.165) is 16.7 Å². The van der Waals surface area contributed by atoms with Crippen molar-refractivity contribution in [2.24, 2.45) is 0 Å². The molecule has 0 fully saturated rings. The monoisotopic (exact) mass is 258 g/mol. The molecule has 0 aromatic heterocycles. The SMILES string of the molecule is COc1ccc(-c2ccc(C(C)=O)cc2C)cc1F. The Balaban J connectivity index is 2.47. The lowest BCUT2D eigenvalue weighted by atomic mass is 9.97. The number of aryl methyl sites for hydroxylation is 1. The molecule has 0 amide bonds. The maximum Gasteiger partial charge on any atom is 0.165 e. The Morgan fingerprint density at radius 1 is 1.16 bits per heavy atom. The molecule has 3 heteroatoms. The molecule has 0 heterocycles. The van der Waals surface area contributed by atoms with E-state index in [1.807, 2.05) is 19.1 Å². The van der Waals surface area contributed by atoms with Gasteiger partial charge in [-0.3, -0.25) is 4.79 Å². The van der Waals surface area contributed by atoms with Crippen LogP contribution in [-0.2, 0) is 0 Å². The van der Waals surface area contributed by atoms with E-state index in [9.17, 15) is 9.18 Å². The number of carbonyl (C=O) groups is 1. The number of methoxy groups -OCH3 is 1. The average molecular weight is 258 g/mol. The van der Waals surface area contributed by atoms with Gasteiger partial charge in [0.2, 0.25) is 0 Å². The molecule has 0 saturated heterocycles. The van der Waals surface area contributed by atoms with Gasteiger partial charge in [0, 0.05) is 5.56 Å². The molecule has 0 N–H and O–H groups in total. The lowest BCUT2D eigenvalue weighted by Crippen LogP contribution is -1.94. The van der Waals surface area contributed by atoms with Gasteiger partial charge < -0.3 is 4.74 Å². The van der Waals surface area contributed by atoms with Crippen molar-refractivity contribution in [2.75, 3.05) is 7.11 Å². The lowest BCUT2D eigenvalue weighted by molar-refractivity contribution is 0.101. The fourth-order valence-corrected chi connectivity index (χ4v) is 2.04. The Kier molecular flexibility index (Phi) is 3.65. The molecule has 0 bridgehead atoms. The number of carbonyl (C=O) groups excluding carboxylic acids is 1. The maximum absolute atomic E-state index is 13.7. The number of ketones is 1. The van der Waals surface area contributed by atoms with E-state index >= 15 is 0 Å². The van der Waals surface area contributed by atoms with Gasteiger partial charge in [-0.2, -0.15) is 0 Å². The van der Waals surface area contributed by atoms with E-state index in [0.29, 0.717) is 5.56 Å². The predicted molar refractivity (Wildman–Crippen MR) is 73.1 cm³/mol. The number of rotatable bonds is 3. The quantitative estimate of drug-likeness (QED) is 0.777. The number of ether oxygens (including phenoxy) is 1. The Bertz CT molecular complexity index is 633. The lowest BCUT2D eigenvalue weighted by Gasteiger charge is -2.09. The van der Waals surface area contributed by atoms with Crippen LogP contribution in [0.15, 0.2) is 36.4 Å². The topological polar surface area (TPSA) is 26.3 Å². The van der Waals surface area contributed by atoms with Gasteiger partial charge in [0.15, 0.2) is 17.3 Å². The third-order valence-electron chi connectivity index (χ3n) is 3.10. The summed E-state index contributed by atoms with van der Waals surface area (Å²) in [4.78, 5) is 11.3. The van der Waals surface area contributed by atoms with Crippen LogP contribution in [0, 0.1) is 12.7 Å². The second-order valence-corrected chi connectivity index (χ2v) is 4.44. The van der Waals surface area contributed by atoms with Gasteiger partial charge in [-0.15, -0.1) is 0 Å². The Morgan fingerprint density at radius 2 is 1.89 bits per heavy atom. The molecule has 2 rings (SSSR count). The average Bonchev–Trinajstić information content (AvgIpc) is 2.38. The first-order valence-electron chi connectivity index (χ1n) is 5.98. The largest absolute Gasteiger partial charge is 0.494 e. The first-order chi connectivity index (χ1) is 9.02. The van der Waals surface area contributed by atoms with Crippen molar-refractivity contribution in [1.29, 1.82) is 0 Å². The summed E-state index contributed by atoms with van der Waals surface area (Å²) in [5.41, 5.74) is 3.28. The van der Waals surface area contributed by atoms with Crippen molar-refractivity contribution in [3.8, 4) is 16.9 Å². The number of benzene rings is 2. The maximum atomic E-state index is 13.7. The molecule has 0 aliphatic rings. The van der Waals surface area contributed by atoms with E-state index in [1.54, 1.807) is 18.2 Å². The predicted octanol–water partition coefficient (Wildman–Crippen LogP) is 4.01. The van der Waals surface area contributed by atoms with Gasteiger partial charge in [0.05, 0.1) is 7.11 Å². The third kappa shape index (κ3) is 2.65. The Labute approximate surface area is 111 Å². The van der Waals surface area contributed by atoms with Crippen LogP contribution in [0.4, 0.5) is 4.39 Å². The molecule has 0 aliphatic heterocycles. The van der Waals surface area contributed by atoms with Gasteiger partial charge in [0.25, 0.3) is 0 Å². The van der Waals surface area contributed by atoms with Crippen molar-refractivity contribution < 1.29 is 13.9 Å². The Hall–Kier alpha value is -2.16. The number of hydrogen-bond acceptors (Lipinski definition) is 2. The molecular weight excluding hydrogens is 243 g/mol. The van der Waals surface area contributed by atoms with Crippen LogP contribution in [-0.4, -0.2) is 12.9 Å². The molecule has 0 spiro atoms. The van der Waals surface area contributed by atoms with Crippen molar-refractivity contribution in [1.82, 2.24) is 0 Å². The van der Waals surface area contributed by atoms with Crippen LogP contribution in [0.2, 0.25) is 0 Å². The van der Waals surface area contributed by atoms with Crippen LogP contribution < -0.4 is 4.74 Å². The fraction of sp³-hybridized carbons (Fsp3) is 0.188. The van der Waals surface area contributed by atoms with E-state index in [-0.39, 0.29) is 11.5 Å². The summed E-state index contributed by atoms with van der Waals surface area (Å²) in [6.07, 6.45) is 0. The highest BCUT2D eigenvalue weighted by atomic mass is 19.1. The molecule has 0 saturated carbocycles. The number of halogens is 1. The highest BCUT2D eigenvalue weighted by Crippen LogP contribution is 2.28. The standard InChI is InChI=1S/C16H15FO2/c1-10-8-12(11(2)18)4-6-14(10)13-5-7-16(19-3)15(17)9-13/h4-9H,1-3H3. The number of hydrogen-bond donors (Lipinski definition) is 0. The molecule has 19 heavy (non-hydrogen) atoms. The van der Waals surface area contributed by atoms with Crippen molar-refractivity contribution in [3.63, 3.8) is 0 Å². The molecule has 2 nitrogen and oxygen atoms in total. The molecule has 0 radical (unpaired) electrons. The van der Waals surface area contributed by atoms with E-state index in [2.05, 4.69) is 0 Å². The molecule has 0 unspecified atom stereocenters. The summed E-state index contributed by atoms with van der Waals surface area (Å²) >= 11 is 0. The fourth-order valence-electron chi connectivity index (χ4n) is 2.04. The minimum Gasteiger partial charge on any atom is -0.494 e. The second kappa shape index (κ2) is 5.22. The van der Waals surface area contributed by atoms with Crippen LogP contribution in [0.5, 0.6) is 5.75 Å². The first kappa shape index (κ1) is 13.3. The molecule has 2 aromatic carbocycles. The highest BCUT2D eigenvalue weighted by Gasteiger charge is 2.08. The van der Waals surface area contributed by atoms with Gasteiger partial charge in [-0.1, -0.05) is 18.2 Å². The van der Waals surface area contributed by atoms with Crippen molar-refractivity contribution >= 4 is 5.78 Å². The summed E-state index contributed by atoms with van der Waals surface area (Å²) in [5.74, 6) is -0.146. The number of Topliss-reactive ketones (excluding diaryl/α,β-unsaturated/α-hetero) is 1. The van der Waals surface area contributed by atoms with E-state index in [4.69, 9.17) is 4.74 Å². The minimum atomic E-state index is -0.393. The highest BCUT2D eigenvalue weighted by molar-refractivity contribution is 5.95. The third-order valence-corrected chi connectivity index (χ3v) is 3.10. The molecule has 0 aliphatic carbocycles.